The first-order valence-corrected chi connectivity index (χ1v) is 6.66. The second-order valence-corrected chi connectivity index (χ2v) is 5.68. The molecule has 0 aromatic carbocycles. The minimum atomic E-state index is -0.859. The number of aromatic nitrogens is 1. The Morgan fingerprint density at radius 2 is 2.05 bits per heavy atom. The van der Waals surface area contributed by atoms with Crippen LogP contribution in [0.15, 0.2) is 18.3 Å². The van der Waals surface area contributed by atoms with Crippen molar-refractivity contribution in [3.63, 3.8) is 0 Å². The molecular formula is C15H22N2O3. The van der Waals surface area contributed by atoms with Crippen molar-refractivity contribution in [3.8, 4) is 0 Å². The number of amides is 1. The number of aryl methyl sites for hydroxylation is 1. The summed E-state index contributed by atoms with van der Waals surface area (Å²) in [7, 11) is 0. The molecule has 0 aliphatic rings. The van der Waals surface area contributed by atoms with E-state index in [0.29, 0.717) is 11.4 Å². The fraction of sp³-hybridized carbons (Fsp3) is 0.533. The zero-order valence-corrected chi connectivity index (χ0v) is 12.7. The van der Waals surface area contributed by atoms with Gasteiger partial charge in [0.1, 0.15) is 5.92 Å². The van der Waals surface area contributed by atoms with Crippen molar-refractivity contribution in [3.05, 3.63) is 24.0 Å². The van der Waals surface area contributed by atoms with Crippen LogP contribution in [0.5, 0.6) is 0 Å². The fourth-order valence-electron chi connectivity index (χ4n) is 1.90. The zero-order valence-electron chi connectivity index (χ0n) is 12.7. The van der Waals surface area contributed by atoms with Gasteiger partial charge in [-0.1, -0.05) is 20.8 Å². The molecule has 0 aliphatic carbocycles. The van der Waals surface area contributed by atoms with Gasteiger partial charge in [0.2, 0.25) is 5.91 Å². The van der Waals surface area contributed by atoms with E-state index in [9.17, 15) is 9.59 Å². The average Bonchev–Trinajstić information content (AvgIpc) is 2.30. The number of pyridine rings is 1. The number of ether oxygens (including phenoxy) is 1. The molecular weight excluding hydrogens is 256 g/mol. The van der Waals surface area contributed by atoms with E-state index in [1.807, 2.05) is 20.8 Å². The first kappa shape index (κ1) is 16.1. The predicted molar refractivity (Wildman–Crippen MR) is 77.2 cm³/mol. The molecule has 0 saturated carbocycles. The summed E-state index contributed by atoms with van der Waals surface area (Å²) < 4.78 is 5.00. The molecule has 1 unspecified atom stereocenters. The van der Waals surface area contributed by atoms with Gasteiger partial charge in [-0.25, -0.2) is 0 Å². The third-order valence-corrected chi connectivity index (χ3v) is 2.92. The van der Waals surface area contributed by atoms with Crippen LogP contribution < -0.4 is 5.32 Å². The van der Waals surface area contributed by atoms with Crippen LogP contribution in [0.25, 0.3) is 0 Å². The minimum absolute atomic E-state index is 0.255. The highest BCUT2D eigenvalue weighted by atomic mass is 16.5. The smallest absolute Gasteiger partial charge is 0.319 e. The normalized spacial score (nSPS) is 12.7. The molecule has 0 radical (unpaired) electrons. The van der Waals surface area contributed by atoms with Crippen LogP contribution in [0.1, 0.15) is 33.4 Å². The van der Waals surface area contributed by atoms with Gasteiger partial charge in [-0.05, 0) is 31.4 Å². The maximum atomic E-state index is 12.4. The molecule has 1 rings (SSSR count). The number of carbonyl (C=O) groups is 2. The number of hydrogen-bond acceptors (Lipinski definition) is 4. The van der Waals surface area contributed by atoms with Gasteiger partial charge >= 0.3 is 5.97 Å². The first-order chi connectivity index (χ1) is 9.27. The Morgan fingerprint density at radius 3 is 2.55 bits per heavy atom. The first-order valence-electron chi connectivity index (χ1n) is 6.66. The predicted octanol–water partition coefficient (Wildman–Crippen LogP) is 2.55. The van der Waals surface area contributed by atoms with Gasteiger partial charge in [0.05, 0.1) is 18.0 Å². The monoisotopic (exact) mass is 278 g/mol. The van der Waals surface area contributed by atoms with Gasteiger partial charge in [-0.3, -0.25) is 14.6 Å². The van der Waals surface area contributed by atoms with Crippen molar-refractivity contribution in [2.24, 2.45) is 11.3 Å². The van der Waals surface area contributed by atoms with E-state index in [-0.39, 0.29) is 12.5 Å². The van der Waals surface area contributed by atoms with Crippen molar-refractivity contribution < 1.29 is 14.3 Å². The van der Waals surface area contributed by atoms with Crippen LogP contribution in [-0.4, -0.2) is 23.5 Å². The molecule has 0 bridgehead atoms. The van der Waals surface area contributed by atoms with Gasteiger partial charge in [0.15, 0.2) is 0 Å². The number of rotatable bonds is 4. The molecule has 1 aromatic rings. The molecule has 1 atom stereocenters. The Balaban J connectivity index is 2.95. The SMILES string of the molecule is CCOC(=O)C(C(=O)Nc1cccnc1C)C(C)(C)C. The number of anilines is 1. The lowest BCUT2D eigenvalue weighted by Crippen LogP contribution is -2.40. The number of esters is 1. The molecule has 0 aliphatic heterocycles. The Morgan fingerprint density at radius 1 is 1.40 bits per heavy atom. The van der Waals surface area contributed by atoms with Crippen molar-refractivity contribution in [2.45, 2.75) is 34.6 Å². The van der Waals surface area contributed by atoms with Crippen molar-refractivity contribution >= 4 is 17.6 Å². The number of nitrogens with one attached hydrogen (secondary N) is 1. The van der Waals surface area contributed by atoms with E-state index in [0.717, 1.165) is 0 Å². The van der Waals surface area contributed by atoms with Gasteiger partial charge in [-0.2, -0.15) is 0 Å². The highest BCUT2D eigenvalue weighted by Gasteiger charge is 2.39. The Kier molecular flexibility index (Phi) is 5.25. The van der Waals surface area contributed by atoms with Crippen LogP contribution in [-0.2, 0) is 14.3 Å². The minimum Gasteiger partial charge on any atom is -0.465 e. The molecule has 5 nitrogen and oxygen atoms in total. The molecule has 0 fully saturated rings. The Bertz CT molecular complexity index is 492. The molecule has 1 N–H and O–H groups in total. The van der Waals surface area contributed by atoms with Gasteiger partial charge in [0, 0.05) is 6.20 Å². The molecule has 0 saturated heterocycles. The molecule has 0 spiro atoms. The molecule has 1 heterocycles. The standard InChI is InChI=1S/C15H22N2O3/c1-6-20-14(19)12(15(3,4)5)13(18)17-11-8-7-9-16-10(11)2/h7-9,12H,6H2,1-5H3,(H,17,18). The Labute approximate surface area is 119 Å². The van der Waals surface area contributed by atoms with Crippen molar-refractivity contribution in [1.29, 1.82) is 0 Å². The fourth-order valence-corrected chi connectivity index (χ4v) is 1.90. The molecule has 20 heavy (non-hydrogen) atoms. The average molecular weight is 278 g/mol. The summed E-state index contributed by atoms with van der Waals surface area (Å²) in [5.74, 6) is -1.73. The highest BCUT2D eigenvalue weighted by molar-refractivity contribution is 6.05. The quantitative estimate of drug-likeness (QED) is 0.679. The maximum Gasteiger partial charge on any atom is 0.319 e. The second-order valence-electron chi connectivity index (χ2n) is 5.68. The summed E-state index contributed by atoms with van der Waals surface area (Å²) in [5.41, 5.74) is 0.792. The third-order valence-electron chi connectivity index (χ3n) is 2.92. The Hall–Kier alpha value is -1.91. The molecule has 1 aromatic heterocycles. The number of carbonyl (C=O) groups excluding carboxylic acids is 2. The van der Waals surface area contributed by atoms with E-state index >= 15 is 0 Å². The topological polar surface area (TPSA) is 68.3 Å². The third kappa shape index (κ3) is 4.05. The summed E-state index contributed by atoms with van der Waals surface area (Å²) in [6.07, 6.45) is 1.65. The van der Waals surface area contributed by atoms with Gasteiger partial charge < -0.3 is 10.1 Å². The van der Waals surface area contributed by atoms with E-state index in [1.54, 1.807) is 32.2 Å². The second kappa shape index (κ2) is 6.50. The molecule has 110 valence electrons. The lowest BCUT2D eigenvalue weighted by Gasteiger charge is -2.27. The van der Waals surface area contributed by atoms with E-state index < -0.39 is 17.3 Å². The maximum absolute atomic E-state index is 12.4. The highest BCUT2D eigenvalue weighted by Crippen LogP contribution is 2.28. The van der Waals surface area contributed by atoms with Crippen LogP contribution >= 0.6 is 0 Å². The number of nitrogens with zero attached hydrogens (tertiary/aromatic N) is 1. The number of hydrogen-bond donors (Lipinski definition) is 1. The van der Waals surface area contributed by atoms with Crippen LogP contribution in [0.4, 0.5) is 5.69 Å². The lowest BCUT2D eigenvalue weighted by atomic mass is 9.80. The summed E-state index contributed by atoms with van der Waals surface area (Å²) in [6.45, 7) is 9.29. The summed E-state index contributed by atoms with van der Waals surface area (Å²) in [4.78, 5) is 28.5. The van der Waals surface area contributed by atoms with Gasteiger partial charge in [0.25, 0.3) is 0 Å². The van der Waals surface area contributed by atoms with Crippen LogP contribution in [0.2, 0.25) is 0 Å². The van der Waals surface area contributed by atoms with E-state index in [1.165, 1.54) is 0 Å². The van der Waals surface area contributed by atoms with Crippen molar-refractivity contribution in [1.82, 2.24) is 4.98 Å². The van der Waals surface area contributed by atoms with E-state index in [2.05, 4.69) is 10.3 Å². The molecule has 1 amide bonds. The van der Waals surface area contributed by atoms with Crippen molar-refractivity contribution in [2.75, 3.05) is 11.9 Å². The van der Waals surface area contributed by atoms with Crippen LogP contribution in [0.3, 0.4) is 0 Å². The van der Waals surface area contributed by atoms with Gasteiger partial charge in [-0.15, -0.1) is 0 Å². The largest absolute Gasteiger partial charge is 0.465 e. The zero-order chi connectivity index (χ0) is 15.3. The summed E-state index contributed by atoms with van der Waals surface area (Å²) in [5, 5.41) is 2.75. The lowest BCUT2D eigenvalue weighted by molar-refractivity contribution is -0.155. The summed E-state index contributed by atoms with van der Waals surface area (Å²) in [6, 6.07) is 3.49. The molecule has 5 heteroatoms. The van der Waals surface area contributed by atoms with Crippen LogP contribution in [0, 0.1) is 18.3 Å². The summed E-state index contributed by atoms with van der Waals surface area (Å²) >= 11 is 0. The van der Waals surface area contributed by atoms with E-state index in [4.69, 9.17) is 4.74 Å².